The van der Waals surface area contributed by atoms with E-state index in [1.54, 1.807) is 12.1 Å². The molecule has 29 heavy (non-hydrogen) atoms. The quantitative estimate of drug-likeness (QED) is 0.345. The highest BCUT2D eigenvalue weighted by molar-refractivity contribution is 14.0. The summed E-state index contributed by atoms with van der Waals surface area (Å²) in [7, 11) is 1.86. The standard InChI is InChI=1S/C22H36FN5.HI/c1-3-28-13-5-4-6-21(28)16-25-22(24-2)26-20-11-14-27(15-12-20)17-18-7-9-19(23)10-8-18;/h7-10,20-21H,3-6,11-17H2,1-2H3,(H2,24,25,26);1H. The zero-order valence-corrected chi connectivity index (χ0v) is 20.2. The molecule has 2 saturated heterocycles. The second-order valence-electron chi connectivity index (χ2n) is 8.05. The molecule has 7 heteroatoms. The Hall–Kier alpha value is -0.930. The summed E-state index contributed by atoms with van der Waals surface area (Å²) >= 11 is 0. The first-order valence-electron chi connectivity index (χ1n) is 10.9. The molecule has 3 rings (SSSR count). The van der Waals surface area contributed by atoms with Crippen LogP contribution in [0.3, 0.4) is 0 Å². The zero-order chi connectivity index (χ0) is 19.8. The molecule has 2 aliphatic rings. The molecule has 164 valence electrons. The van der Waals surface area contributed by atoms with E-state index in [-0.39, 0.29) is 29.8 Å². The summed E-state index contributed by atoms with van der Waals surface area (Å²) in [5.41, 5.74) is 1.18. The fraction of sp³-hybridized carbons (Fsp3) is 0.682. The van der Waals surface area contributed by atoms with Crippen molar-refractivity contribution in [2.45, 2.75) is 57.7 Å². The van der Waals surface area contributed by atoms with Gasteiger partial charge in [0, 0.05) is 45.3 Å². The van der Waals surface area contributed by atoms with Crippen molar-refractivity contribution in [2.24, 2.45) is 4.99 Å². The van der Waals surface area contributed by atoms with Crippen molar-refractivity contribution in [1.29, 1.82) is 0 Å². The number of likely N-dealkylation sites (N-methyl/N-ethyl adjacent to an activating group) is 1. The highest BCUT2D eigenvalue weighted by atomic mass is 127. The first-order chi connectivity index (χ1) is 13.7. The lowest BCUT2D eigenvalue weighted by atomic mass is 10.0. The van der Waals surface area contributed by atoms with Crippen LogP contribution in [0.15, 0.2) is 29.3 Å². The van der Waals surface area contributed by atoms with Gasteiger partial charge in [-0.2, -0.15) is 0 Å². The van der Waals surface area contributed by atoms with Crippen LogP contribution in [0.25, 0.3) is 0 Å². The third-order valence-corrected chi connectivity index (χ3v) is 6.13. The van der Waals surface area contributed by atoms with E-state index in [9.17, 15) is 4.39 Å². The van der Waals surface area contributed by atoms with Crippen molar-refractivity contribution in [3.63, 3.8) is 0 Å². The molecular formula is C22H37FIN5. The third kappa shape index (κ3) is 7.68. The first-order valence-corrected chi connectivity index (χ1v) is 10.9. The number of hydrogen-bond acceptors (Lipinski definition) is 3. The van der Waals surface area contributed by atoms with Crippen LogP contribution in [-0.2, 0) is 6.54 Å². The van der Waals surface area contributed by atoms with Crippen molar-refractivity contribution in [2.75, 3.05) is 39.8 Å². The van der Waals surface area contributed by atoms with Crippen LogP contribution in [0.5, 0.6) is 0 Å². The molecule has 0 aromatic heterocycles. The molecule has 0 aliphatic carbocycles. The van der Waals surface area contributed by atoms with E-state index in [0.29, 0.717) is 12.1 Å². The molecule has 0 amide bonds. The van der Waals surface area contributed by atoms with E-state index in [1.807, 2.05) is 19.2 Å². The van der Waals surface area contributed by atoms with Crippen LogP contribution in [-0.4, -0.2) is 67.6 Å². The number of nitrogens with one attached hydrogen (secondary N) is 2. The predicted molar refractivity (Wildman–Crippen MR) is 129 cm³/mol. The lowest BCUT2D eigenvalue weighted by Crippen LogP contribution is -2.52. The van der Waals surface area contributed by atoms with Crippen molar-refractivity contribution in [3.05, 3.63) is 35.6 Å². The number of rotatable bonds is 6. The average molecular weight is 517 g/mol. The van der Waals surface area contributed by atoms with Gasteiger partial charge in [0.2, 0.25) is 0 Å². The fourth-order valence-electron chi connectivity index (χ4n) is 4.39. The number of piperidine rings is 2. The Labute approximate surface area is 192 Å². The maximum Gasteiger partial charge on any atom is 0.191 e. The lowest BCUT2D eigenvalue weighted by Gasteiger charge is -2.36. The highest BCUT2D eigenvalue weighted by Gasteiger charge is 2.23. The van der Waals surface area contributed by atoms with Gasteiger partial charge in [-0.25, -0.2) is 4.39 Å². The van der Waals surface area contributed by atoms with Gasteiger partial charge in [-0.15, -0.1) is 24.0 Å². The predicted octanol–water partition coefficient (Wildman–Crippen LogP) is 3.45. The van der Waals surface area contributed by atoms with Crippen molar-refractivity contribution in [3.8, 4) is 0 Å². The summed E-state index contributed by atoms with van der Waals surface area (Å²) < 4.78 is 13.1. The molecule has 0 saturated carbocycles. The van der Waals surface area contributed by atoms with Crippen LogP contribution in [0.2, 0.25) is 0 Å². The Morgan fingerprint density at radius 1 is 1.10 bits per heavy atom. The molecule has 0 radical (unpaired) electrons. The number of nitrogens with zero attached hydrogens (tertiary/aromatic N) is 3. The Balaban J connectivity index is 0.00000300. The van der Waals surface area contributed by atoms with Crippen LogP contribution >= 0.6 is 24.0 Å². The fourth-order valence-corrected chi connectivity index (χ4v) is 4.39. The van der Waals surface area contributed by atoms with Gasteiger partial charge in [0.25, 0.3) is 0 Å². The van der Waals surface area contributed by atoms with Crippen molar-refractivity contribution in [1.82, 2.24) is 20.4 Å². The van der Waals surface area contributed by atoms with Crippen LogP contribution < -0.4 is 10.6 Å². The topological polar surface area (TPSA) is 42.9 Å². The number of aliphatic imine (C=N–C) groups is 1. The number of hydrogen-bond donors (Lipinski definition) is 2. The lowest BCUT2D eigenvalue weighted by molar-refractivity contribution is 0.157. The largest absolute Gasteiger partial charge is 0.355 e. The number of guanidine groups is 1. The first kappa shape index (κ1) is 24.3. The molecule has 5 nitrogen and oxygen atoms in total. The summed E-state index contributed by atoms with van der Waals surface area (Å²) in [5.74, 6) is 0.763. The van der Waals surface area contributed by atoms with Gasteiger partial charge in [0.15, 0.2) is 5.96 Å². The molecule has 1 unspecified atom stereocenters. The van der Waals surface area contributed by atoms with Crippen LogP contribution in [0, 0.1) is 5.82 Å². The van der Waals surface area contributed by atoms with Gasteiger partial charge in [-0.3, -0.25) is 14.8 Å². The van der Waals surface area contributed by atoms with Gasteiger partial charge < -0.3 is 10.6 Å². The molecule has 1 aromatic carbocycles. The second-order valence-corrected chi connectivity index (χ2v) is 8.05. The van der Waals surface area contributed by atoms with Gasteiger partial charge >= 0.3 is 0 Å². The van der Waals surface area contributed by atoms with Crippen LogP contribution in [0.4, 0.5) is 4.39 Å². The normalized spacial score (nSPS) is 22.2. The molecule has 2 fully saturated rings. The van der Waals surface area contributed by atoms with E-state index in [4.69, 9.17) is 0 Å². The Bertz CT molecular complexity index is 616. The van der Waals surface area contributed by atoms with E-state index in [1.165, 1.54) is 31.4 Å². The zero-order valence-electron chi connectivity index (χ0n) is 17.9. The summed E-state index contributed by atoms with van der Waals surface area (Å²) in [6.45, 7) is 8.58. The van der Waals surface area contributed by atoms with Crippen LogP contribution in [0.1, 0.15) is 44.6 Å². The smallest absolute Gasteiger partial charge is 0.191 e. The van der Waals surface area contributed by atoms with Crippen molar-refractivity contribution < 1.29 is 4.39 Å². The molecule has 2 N–H and O–H groups in total. The molecule has 2 aliphatic heterocycles. The SMILES string of the molecule is CCN1CCCCC1CNC(=NC)NC1CCN(Cc2ccc(F)cc2)CC1.I. The maximum atomic E-state index is 13.1. The summed E-state index contributed by atoms with van der Waals surface area (Å²) in [6, 6.07) is 7.95. The molecule has 2 heterocycles. The van der Waals surface area contributed by atoms with Crippen molar-refractivity contribution >= 4 is 29.9 Å². The van der Waals surface area contributed by atoms with E-state index in [2.05, 4.69) is 32.3 Å². The molecular weight excluding hydrogens is 480 g/mol. The van der Waals surface area contributed by atoms with Gasteiger partial charge in [0.1, 0.15) is 5.82 Å². The maximum absolute atomic E-state index is 13.1. The molecule has 0 spiro atoms. The van der Waals surface area contributed by atoms with Gasteiger partial charge in [-0.05, 0) is 56.5 Å². The number of halogens is 2. The highest BCUT2D eigenvalue weighted by Crippen LogP contribution is 2.16. The monoisotopic (exact) mass is 517 g/mol. The van der Waals surface area contributed by atoms with E-state index < -0.39 is 0 Å². The Kier molecular flexibility index (Phi) is 10.7. The Morgan fingerprint density at radius 3 is 2.48 bits per heavy atom. The number of benzene rings is 1. The van der Waals surface area contributed by atoms with Gasteiger partial charge in [-0.1, -0.05) is 25.5 Å². The Morgan fingerprint density at radius 2 is 1.83 bits per heavy atom. The average Bonchev–Trinajstić information content (AvgIpc) is 2.74. The van der Waals surface area contributed by atoms with E-state index in [0.717, 1.165) is 51.5 Å². The summed E-state index contributed by atoms with van der Waals surface area (Å²) in [6.07, 6.45) is 6.15. The minimum atomic E-state index is -0.166. The second kappa shape index (κ2) is 12.7. The molecule has 1 atom stereocenters. The third-order valence-electron chi connectivity index (χ3n) is 6.13. The summed E-state index contributed by atoms with van der Waals surface area (Å²) in [4.78, 5) is 9.47. The molecule has 1 aromatic rings. The minimum absolute atomic E-state index is 0. The summed E-state index contributed by atoms with van der Waals surface area (Å²) in [5, 5.41) is 7.17. The number of likely N-dealkylation sites (tertiary alicyclic amines) is 2. The molecule has 0 bridgehead atoms. The minimum Gasteiger partial charge on any atom is -0.355 e. The van der Waals surface area contributed by atoms with Gasteiger partial charge in [0.05, 0.1) is 0 Å². The van der Waals surface area contributed by atoms with E-state index >= 15 is 0 Å².